The number of fused-ring (bicyclic) bond motifs is 1. The maximum atomic E-state index is 12.4. The third-order valence-corrected chi connectivity index (χ3v) is 4.84. The van der Waals surface area contributed by atoms with Gasteiger partial charge in [-0.15, -0.1) is 0 Å². The number of anilines is 2. The molecule has 0 aromatic carbocycles. The van der Waals surface area contributed by atoms with Gasteiger partial charge in [0.2, 0.25) is 5.91 Å². The number of rotatable bonds is 3. The first-order valence-electron chi connectivity index (χ1n) is 9.54. The van der Waals surface area contributed by atoms with Gasteiger partial charge in [-0.05, 0) is 30.7 Å². The van der Waals surface area contributed by atoms with Crippen LogP contribution in [-0.4, -0.2) is 34.1 Å². The first kappa shape index (κ1) is 18.0. The minimum Gasteiger partial charge on any atom is -0.373 e. The Morgan fingerprint density at radius 1 is 1.21 bits per heavy atom. The summed E-state index contributed by atoms with van der Waals surface area (Å²) in [5.41, 5.74) is 3.56. The summed E-state index contributed by atoms with van der Waals surface area (Å²) in [5.74, 6) is 0.107. The molecule has 0 spiro atoms. The van der Waals surface area contributed by atoms with Crippen LogP contribution in [0.1, 0.15) is 25.7 Å². The number of hydrogen-bond acceptors (Lipinski definition) is 5. The molecule has 1 atom stereocenters. The van der Waals surface area contributed by atoms with E-state index in [-0.39, 0.29) is 5.91 Å². The van der Waals surface area contributed by atoms with Gasteiger partial charge in [-0.1, -0.05) is 19.3 Å². The number of nitrogens with one attached hydrogen (secondary N) is 1. The number of amides is 1. The molecule has 1 aliphatic carbocycles. The van der Waals surface area contributed by atoms with Crippen LogP contribution >= 0.6 is 0 Å². The fourth-order valence-corrected chi connectivity index (χ4v) is 3.14. The van der Waals surface area contributed by atoms with E-state index in [1.165, 1.54) is 19.3 Å². The smallest absolute Gasteiger partial charge is 0.244 e. The van der Waals surface area contributed by atoms with E-state index in [2.05, 4.69) is 21.5 Å². The second-order valence-electron chi connectivity index (χ2n) is 6.98. The van der Waals surface area contributed by atoms with Gasteiger partial charge in [0.05, 0.1) is 17.3 Å². The third-order valence-electron chi connectivity index (χ3n) is 4.84. The number of nitriles is 1. The Labute approximate surface area is 163 Å². The predicted molar refractivity (Wildman–Crippen MR) is 108 cm³/mol. The van der Waals surface area contributed by atoms with Crippen molar-refractivity contribution in [3.63, 3.8) is 0 Å². The summed E-state index contributed by atoms with van der Waals surface area (Å²) in [5, 5.41) is 16.4. The van der Waals surface area contributed by atoms with Crippen molar-refractivity contribution < 1.29 is 4.79 Å². The van der Waals surface area contributed by atoms with Crippen LogP contribution in [-0.2, 0) is 4.79 Å². The van der Waals surface area contributed by atoms with Crippen molar-refractivity contribution in [1.82, 2.24) is 14.6 Å². The molecule has 0 bridgehead atoms. The SMILES string of the molecule is C1CC1.CNc1ccc(-c2cc3c(N4CCC(C#N)C4=O)ccnn3c2)cn1. The predicted octanol–water partition coefficient (Wildman–Crippen LogP) is 3.48. The first-order valence-corrected chi connectivity index (χ1v) is 9.54. The Morgan fingerprint density at radius 2 is 2.04 bits per heavy atom. The minimum atomic E-state index is -0.555. The lowest BCUT2D eigenvalue weighted by Crippen LogP contribution is -2.27. The van der Waals surface area contributed by atoms with E-state index >= 15 is 0 Å². The van der Waals surface area contributed by atoms with E-state index in [0.29, 0.717) is 13.0 Å². The summed E-state index contributed by atoms with van der Waals surface area (Å²) >= 11 is 0. The van der Waals surface area contributed by atoms with Crippen LogP contribution in [0.4, 0.5) is 11.5 Å². The molecular weight excluding hydrogens is 352 g/mol. The van der Waals surface area contributed by atoms with Gasteiger partial charge in [-0.3, -0.25) is 4.79 Å². The van der Waals surface area contributed by atoms with Crippen LogP contribution in [0.5, 0.6) is 0 Å². The Balaban J connectivity index is 0.000000586. The number of pyridine rings is 1. The van der Waals surface area contributed by atoms with Gasteiger partial charge in [-0.2, -0.15) is 10.4 Å². The van der Waals surface area contributed by atoms with Gasteiger partial charge in [0, 0.05) is 43.3 Å². The third kappa shape index (κ3) is 3.54. The lowest BCUT2D eigenvalue weighted by atomic mass is 10.1. The van der Waals surface area contributed by atoms with Crippen molar-refractivity contribution in [3.05, 3.63) is 42.9 Å². The van der Waals surface area contributed by atoms with Crippen LogP contribution in [0.2, 0.25) is 0 Å². The van der Waals surface area contributed by atoms with Gasteiger partial charge in [0.25, 0.3) is 0 Å². The standard InChI is InChI=1S/C18H16N6O.C3H6/c1-20-17-3-2-13(10-21-17)14-8-16-15(4-6-22-24(16)11-14)23-7-5-12(9-19)18(23)25;1-2-3-1/h2-4,6,8,10-12H,5,7H2,1H3,(H,20,21);1-3H2. The van der Waals surface area contributed by atoms with Crippen molar-refractivity contribution >= 4 is 22.9 Å². The summed E-state index contributed by atoms with van der Waals surface area (Å²) in [6.45, 7) is 0.551. The lowest BCUT2D eigenvalue weighted by Gasteiger charge is -2.16. The molecule has 1 N–H and O–H groups in total. The fraction of sp³-hybridized carbons (Fsp3) is 0.333. The largest absolute Gasteiger partial charge is 0.373 e. The molecule has 0 radical (unpaired) electrons. The van der Waals surface area contributed by atoms with Crippen LogP contribution in [0.15, 0.2) is 42.9 Å². The van der Waals surface area contributed by atoms with Crippen LogP contribution in [0, 0.1) is 17.2 Å². The van der Waals surface area contributed by atoms with Crippen molar-refractivity contribution in [2.75, 3.05) is 23.8 Å². The molecule has 1 aliphatic heterocycles. The quantitative estimate of drug-likeness (QED) is 0.758. The monoisotopic (exact) mass is 374 g/mol. The van der Waals surface area contributed by atoms with E-state index in [9.17, 15) is 4.79 Å². The minimum absolute atomic E-state index is 0.140. The highest BCUT2D eigenvalue weighted by molar-refractivity contribution is 6.02. The molecule has 7 nitrogen and oxygen atoms in total. The van der Waals surface area contributed by atoms with Gasteiger partial charge in [-0.25, -0.2) is 9.50 Å². The van der Waals surface area contributed by atoms with Gasteiger partial charge in [0.1, 0.15) is 11.7 Å². The zero-order chi connectivity index (χ0) is 19.5. The molecule has 4 heterocycles. The van der Waals surface area contributed by atoms with Gasteiger partial charge >= 0.3 is 0 Å². The molecule has 3 aromatic heterocycles. The molecule has 2 aliphatic rings. The van der Waals surface area contributed by atoms with Crippen LogP contribution in [0.25, 0.3) is 16.6 Å². The molecule has 2 fully saturated rings. The number of aromatic nitrogens is 3. The maximum absolute atomic E-state index is 12.4. The van der Waals surface area contributed by atoms with Crippen molar-refractivity contribution in [2.45, 2.75) is 25.7 Å². The van der Waals surface area contributed by atoms with E-state index in [1.54, 1.807) is 21.8 Å². The summed E-state index contributed by atoms with van der Waals surface area (Å²) in [6, 6.07) is 9.78. The Morgan fingerprint density at radius 3 is 2.64 bits per heavy atom. The van der Waals surface area contributed by atoms with Crippen LogP contribution < -0.4 is 10.2 Å². The molecule has 5 rings (SSSR count). The molecule has 1 amide bonds. The molecular formula is C21H22N6O. The van der Waals surface area contributed by atoms with Crippen LogP contribution in [0.3, 0.4) is 0 Å². The van der Waals surface area contributed by atoms with Crippen molar-refractivity contribution in [3.8, 4) is 17.2 Å². The van der Waals surface area contributed by atoms with Crippen molar-refractivity contribution in [1.29, 1.82) is 5.26 Å². The number of carbonyl (C=O) groups excluding carboxylic acids is 1. The Kier molecular flexibility index (Phi) is 4.94. The van der Waals surface area contributed by atoms with E-state index in [0.717, 1.165) is 28.1 Å². The molecule has 1 saturated carbocycles. The molecule has 28 heavy (non-hydrogen) atoms. The normalized spacial score (nSPS) is 17.8. The fourth-order valence-electron chi connectivity index (χ4n) is 3.14. The van der Waals surface area contributed by atoms with Gasteiger partial charge in [0.15, 0.2) is 0 Å². The summed E-state index contributed by atoms with van der Waals surface area (Å²) in [4.78, 5) is 18.4. The zero-order valence-corrected chi connectivity index (χ0v) is 15.8. The number of carbonyl (C=O) groups is 1. The molecule has 1 saturated heterocycles. The molecule has 1 unspecified atom stereocenters. The topological polar surface area (TPSA) is 86.3 Å². The van der Waals surface area contributed by atoms with E-state index in [1.807, 2.05) is 37.5 Å². The average molecular weight is 374 g/mol. The van der Waals surface area contributed by atoms with E-state index < -0.39 is 5.92 Å². The van der Waals surface area contributed by atoms with Crippen molar-refractivity contribution in [2.24, 2.45) is 5.92 Å². The van der Waals surface area contributed by atoms with Gasteiger partial charge < -0.3 is 10.2 Å². The molecule has 7 heteroatoms. The molecule has 3 aromatic rings. The highest BCUT2D eigenvalue weighted by Crippen LogP contribution is 2.31. The summed E-state index contributed by atoms with van der Waals surface area (Å²) in [7, 11) is 1.83. The highest BCUT2D eigenvalue weighted by Gasteiger charge is 2.33. The first-order chi connectivity index (χ1) is 13.7. The Bertz CT molecular complexity index is 1030. The number of nitrogens with zero attached hydrogens (tertiary/aromatic N) is 5. The average Bonchev–Trinajstić information content (AvgIpc) is 3.48. The molecule has 142 valence electrons. The number of hydrogen-bond donors (Lipinski definition) is 1. The lowest BCUT2D eigenvalue weighted by molar-refractivity contribution is -0.118. The Hall–Kier alpha value is -3.40. The second-order valence-corrected chi connectivity index (χ2v) is 6.98. The zero-order valence-electron chi connectivity index (χ0n) is 15.8. The summed E-state index contributed by atoms with van der Waals surface area (Å²) in [6.07, 6.45) is 10.4. The maximum Gasteiger partial charge on any atom is 0.244 e. The summed E-state index contributed by atoms with van der Waals surface area (Å²) < 4.78 is 1.75. The van der Waals surface area contributed by atoms with E-state index in [4.69, 9.17) is 5.26 Å². The highest BCUT2D eigenvalue weighted by atomic mass is 16.2. The second kappa shape index (κ2) is 7.69.